The Morgan fingerprint density at radius 3 is 2.75 bits per heavy atom. The molecule has 0 bridgehead atoms. The van der Waals surface area contributed by atoms with E-state index in [-0.39, 0.29) is 23.5 Å². The molecule has 106 valence electrons. The van der Waals surface area contributed by atoms with Crippen molar-refractivity contribution < 1.29 is 19.4 Å². The summed E-state index contributed by atoms with van der Waals surface area (Å²) >= 11 is 1.21. The lowest BCUT2D eigenvalue weighted by Gasteiger charge is -2.08. The predicted molar refractivity (Wildman–Crippen MR) is 78.5 cm³/mol. The Hall–Kier alpha value is -1.92. The Morgan fingerprint density at radius 1 is 1.35 bits per heavy atom. The Balaban J connectivity index is 2.11. The predicted octanol–water partition coefficient (Wildman–Crippen LogP) is 2.96. The van der Waals surface area contributed by atoms with Crippen molar-refractivity contribution in [3.63, 3.8) is 0 Å². The number of carboxylic acids is 1. The number of hydrogen-bond acceptors (Lipinski definition) is 4. The number of aromatic carboxylic acids is 1. The molecule has 5 nitrogen and oxygen atoms in total. The summed E-state index contributed by atoms with van der Waals surface area (Å²) in [7, 11) is 0. The van der Waals surface area contributed by atoms with Crippen LogP contribution in [0.1, 0.15) is 23.5 Å². The van der Waals surface area contributed by atoms with Crippen LogP contribution < -0.4 is 5.32 Å². The Bertz CT molecular complexity index is 648. The van der Waals surface area contributed by atoms with Crippen LogP contribution >= 0.6 is 11.3 Å². The maximum absolute atomic E-state index is 11.6. The molecule has 0 atom stereocenters. The number of hydrogen-bond donors (Lipinski definition) is 2. The van der Waals surface area contributed by atoms with Gasteiger partial charge in [-0.3, -0.25) is 4.79 Å². The van der Waals surface area contributed by atoms with Crippen LogP contribution in [0.5, 0.6) is 0 Å². The van der Waals surface area contributed by atoms with Crippen molar-refractivity contribution in [3.05, 3.63) is 29.1 Å². The van der Waals surface area contributed by atoms with Gasteiger partial charge in [-0.2, -0.15) is 0 Å². The van der Waals surface area contributed by atoms with Crippen LogP contribution in [0.15, 0.2) is 24.3 Å². The van der Waals surface area contributed by atoms with Crippen LogP contribution in [0, 0.1) is 0 Å². The highest BCUT2D eigenvalue weighted by atomic mass is 32.1. The van der Waals surface area contributed by atoms with Crippen LogP contribution in [0.25, 0.3) is 10.1 Å². The van der Waals surface area contributed by atoms with E-state index in [1.807, 2.05) is 13.8 Å². The molecule has 0 unspecified atom stereocenters. The highest BCUT2D eigenvalue weighted by molar-refractivity contribution is 7.20. The van der Waals surface area contributed by atoms with E-state index in [4.69, 9.17) is 9.84 Å². The third-order valence-electron chi connectivity index (χ3n) is 2.56. The molecule has 20 heavy (non-hydrogen) atoms. The number of anilines is 1. The van der Waals surface area contributed by atoms with Crippen LogP contribution in [0.4, 0.5) is 5.69 Å². The molecule has 0 saturated heterocycles. The smallest absolute Gasteiger partial charge is 0.345 e. The average molecular weight is 293 g/mol. The number of thiophene rings is 1. The van der Waals surface area contributed by atoms with Gasteiger partial charge in [-0.15, -0.1) is 11.3 Å². The summed E-state index contributed by atoms with van der Waals surface area (Å²) in [5, 5.41) is 12.5. The lowest BCUT2D eigenvalue weighted by molar-refractivity contribution is -0.121. The number of carboxylic acid groups (broad SMARTS) is 1. The van der Waals surface area contributed by atoms with Crippen molar-refractivity contribution in [1.82, 2.24) is 0 Å². The second-order valence-electron chi connectivity index (χ2n) is 4.58. The van der Waals surface area contributed by atoms with Gasteiger partial charge in [0.05, 0.1) is 6.10 Å². The molecule has 1 amide bonds. The quantitative estimate of drug-likeness (QED) is 0.888. The number of rotatable bonds is 5. The number of carbonyl (C=O) groups is 2. The van der Waals surface area contributed by atoms with E-state index in [9.17, 15) is 9.59 Å². The van der Waals surface area contributed by atoms with Gasteiger partial charge < -0.3 is 15.2 Å². The maximum Gasteiger partial charge on any atom is 0.345 e. The zero-order chi connectivity index (χ0) is 14.7. The first-order valence-electron chi connectivity index (χ1n) is 6.14. The number of fused-ring (bicyclic) bond motifs is 1. The number of nitrogens with one attached hydrogen (secondary N) is 1. The van der Waals surface area contributed by atoms with E-state index in [0.717, 1.165) is 10.1 Å². The molecule has 0 radical (unpaired) electrons. The Morgan fingerprint density at radius 2 is 2.10 bits per heavy atom. The number of amides is 1. The summed E-state index contributed by atoms with van der Waals surface area (Å²) in [6.45, 7) is 3.72. The summed E-state index contributed by atoms with van der Waals surface area (Å²) < 4.78 is 6.09. The van der Waals surface area contributed by atoms with Gasteiger partial charge >= 0.3 is 5.97 Å². The minimum absolute atomic E-state index is 0.000281. The second-order valence-corrected chi connectivity index (χ2v) is 5.66. The topological polar surface area (TPSA) is 75.6 Å². The molecule has 0 aliphatic rings. The summed E-state index contributed by atoms with van der Waals surface area (Å²) in [5.74, 6) is -1.17. The van der Waals surface area contributed by atoms with Gasteiger partial charge in [-0.1, -0.05) is 0 Å². The molecule has 0 aliphatic carbocycles. The minimum Gasteiger partial charge on any atom is -0.477 e. The van der Waals surface area contributed by atoms with Gasteiger partial charge in [0, 0.05) is 10.4 Å². The van der Waals surface area contributed by atoms with Gasteiger partial charge in [-0.25, -0.2) is 4.79 Å². The fourth-order valence-corrected chi connectivity index (χ4v) is 2.55. The van der Waals surface area contributed by atoms with Crippen molar-refractivity contribution >= 4 is 39.0 Å². The van der Waals surface area contributed by atoms with Crippen LogP contribution in [-0.4, -0.2) is 29.7 Å². The van der Waals surface area contributed by atoms with Gasteiger partial charge in [-0.05, 0) is 43.5 Å². The highest BCUT2D eigenvalue weighted by Gasteiger charge is 2.10. The number of carbonyl (C=O) groups excluding carboxylic acids is 1. The monoisotopic (exact) mass is 293 g/mol. The molecule has 0 spiro atoms. The molecule has 2 N–H and O–H groups in total. The van der Waals surface area contributed by atoms with Gasteiger partial charge in [0.1, 0.15) is 11.5 Å². The highest BCUT2D eigenvalue weighted by Crippen LogP contribution is 2.28. The van der Waals surface area contributed by atoms with Crippen molar-refractivity contribution in [3.8, 4) is 0 Å². The van der Waals surface area contributed by atoms with E-state index in [2.05, 4.69) is 5.32 Å². The van der Waals surface area contributed by atoms with Gasteiger partial charge in [0.2, 0.25) is 5.91 Å². The molecule has 6 heteroatoms. The van der Waals surface area contributed by atoms with E-state index >= 15 is 0 Å². The molecular weight excluding hydrogens is 278 g/mol. The largest absolute Gasteiger partial charge is 0.477 e. The van der Waals surface area contributed by atoms with E-state index < -0.39 is 5.97 Å². The summed E-state index contributed by atoms with van der Waals surface area (Å²) in [6, 6.07) is 6.90. The first-order valence-corrected chi connectivity index (χ1v) is 6.95. The summed E-state index contributed by atoms with van der Waals surface area (Å²) in [5.41, 5.74) is 0.629. The fraction of sp³-hybridized carbons (Fsp3) is 0.286. The Kier molecular flexibility index (Phi) is 4.36. The number of ether oxygens (including phenoxy) is 1. The third-order valence-corrected chi connectivity index (χ3v) is 3.66. The fourth-order valence-electron chi connectivity index (χ4n) is 1.67. The van der Waals surface area contributed by atoms with Crippen molar-refractivity contribution in [2.24, 2.45) is 0 Å². The number of benzene rings is 1. The van der Waals surface area contributed by atoms with E-state index in [1.54, 1.807) is 24.3 Å². The van der Waals surface area contributed by atoms with E-state index in [0.29, 0.717) is 5.69 Å². The summed E-state index contributed by atoms with van der Waals surface area (Å²) in [4.78, 5) is 22.8. The molecule has 0 fully saturated rings. The molecule has 2 aromatic rings. The third kappa shape index (κ3) is 3.55. The average Bonchev–Trinajstić information content (AvgIpc) is 2.79. The molecule has 2 rings (SSSR count). The zero-order valence-electron chi connectivity index (χ0n) is 11.2. The first kappa shape index (κ1) is 14.5. The zero-order valence-corrected chi connectivity index (χ0v) is 12.0. The van der Waals surface area contributed by atoms with Crippen molar-refractivity contribution in [2.45, 2.75) is 20.0 Å². The van der Waals surface area contributed by atoms with Crippen molar-refractivity contribution in [2.75, 3.05) is 11.9 Å². The molecule has 0 aliphatic heterocycles. The molecular formula is C14H15NO4S. The Labute approximate surface area is 120 Å². The summed E-state index contributed by atoms with van der Waals surface area (Å²) in [6.07, 6.45) is -0.00164. The molecule has 0 saturated carbocycles. The van der Waals surface area contributed by atoms with Crippen LogP contribution in [-0.2, 0) is 9.53 Å². The second kappa shape index (κ2) is 6.02. The maximum atomic E-state index is 11.6. The minimum atomic E-state index is -0.942. The van der Waals surface area contributed by atoms with Crippen LogP contribution in [0.3, 0.4) is 0 Å². The van der Waals surface area contributed by atoms with Gasteiger partial charge in [0.15, 0.2) is 0 Å². The van der Waals surface area contributed by atoms with Crippen LogP contribution in [0.2, 0.25) is 0 Å². The SMILES string of the molecule is CC(C)OCC(=O)Nc1ccc2sc(C(=O)O)cc2c1. The standard InChI is InChI=1S/C14H15NO4S/c1-8(2)19-7-13(16)15-10-3-4-11-9(5-10)6-12(20-11)14(17)18/h3-6,8H,7H2,1-2H3,(H,15,16)(H,17,18). The molecule has 1 aromatic heterocycles. The molecule has 1 heterocycles. The lowest BCUT2D eigenvalue weighted by Crippen LogP contribution is -2.20. The van der Waals surface area contributed by atoms with E-state index in [1.165, 1.54) is 11.3 Å². The molecule has 1 aromatic carbocycles. The van der Waals surface area contributed by atoms with Crippen molar-refractivity contribution in [1.29, 1.82) is 0 Å². The first-order chi connectivity index (χ1) is 9.45. The lowest BCUT2D eigenvalue weighted by atomic mass is 10.2. The normalized spacial score (nSPS) is 10.9. The van der Waals surface area contributed by atoms with Gasteiger partial charge in [0.25, 0.3) is 0 Å².